The number of nitrogens with zero attached hydrogens (tertiary/aromatic N) is 1. The third-order valence-corrected chi connectivity index (χ3v) is 1.04. The molecular weight excluding hydrogens is 205 g/mol. The summed E-state index contributed by atoms with van der Waals surface area (Å²) in [4.78, 5) is 25.5. The fourth-order valence-corrected chi connectivity index (χ4v) is 0.667. The third-order valence-electron chi connectivity index (χ3n) is 1.04. The second kappa shape index (κ2) is 6.45. The smallest absolute Gasteiger partial charge is 0.303 e. The van der Waals surface area contributed by atoms with E-state index < -0.39 is 7.82 Å². The van der Waals surface area contributed by atoms with Gasteiger partial charge in [0.1, 0.15) is 0 Å². The van der Waals surface area contributed by atoms with Crippen molar-refractivity contribution in [3.8, 4) is 0 Å². The van der Waals surface area contributed by atoms with Crippen LogP contribution in [0.15, 0.2) is 30.6 Å². The van der Waals surface area contributed by atoms with Gasteiger partial charge in [0, 0.05) is 12.4 Å². The second-order valence-corrected chi connectivity index (χ2v) is 3.33. The quantitative estimate of drug-likeness (QED) is 0.614. The molecule has 0 spiro atoms. The monoisotopic (exact) mass is 217 g/mol. The topological polar surface area (TPSA) is 90.7 Å². The molecule has 0 saturated carbocycles. The molecule has 0 aliphatic carbocycles. The SMILES string of the molecule is CC=Cc1cccnc1.O=P(O)(O)O. The van der Waals surface area contributed by atoms with Crippen LogP contribution in [0.1, 0.15) is 12.5 Å². The van der Waals surface area contributed by atoms with Crippen molar-refractivity contribution < 1.29 is 19.2 Å². The van der Waals surface area contributed by atoms with E-state index in [4.69, 9.17) is 19.2 Å². The number of pyridine rings is 1. The number of phosphoric acid groups is 1. The van der Waals surface area contributed by atoms with E-state index in [-0.39, 0.29) is 0 Å². The molecule has 0 bridgehead atoms. The lowest BCUT2D eigenvalue weighted by Crippen LogP contribution is -1.71. The summed E-state index contributed by atoms with van der Waals surface area (Å²) in [7, 11) is -4.64. The minimum atomic E-state index is -4.64. The molecule has 0 aliphatic rings. The predicted molar refractivity (Wildman–Crippen MR) is 53.2 cm³/mol. The standard InChI is InChI=1S/C8H9N.H3O4P/c1-2-4-8-5-3-6-9-7-8;1-5(2,3)4/h2-7H,1H3;(H3,1,2,3,4). The first-order valence-electron chi connectivity index (χ1n) is 3.74. The van der Waals surface area contributed by atoms with Crippen molar-refractivity contribution in [1.82, 2.24) is 4.98 Å². The summed E-state index contributed by atoms with van der Waals surface area (Å²) in [6.07, 6.45) is 7.62. The van der Waals surface area contributed by atoms with Gasteiger partial charge in [0.2, 0.25) is 0 Å². The van der Waals surface area contributed by atoms with Gasteiger partial charge in [-0.25, -0.2) is 4.57 Å². The summed E-state index contributed by atoms with van der Waals surface area (Å²) in [5.74, 6) is 0. The molecule has 3 N–H and O–H groups in total. The van der Waals surface area contributed by atoms with Crippen molar-refractivity contribution in [3.05, 3.63) is 36.2 Å². The van der Waals surface area contributed by atoms with Gasteiger partial charge in [-0.15, -0.1) is 0 Å². The van der Waals surface area contributed by atoms with Crippen LogP contribution in [0.3, 0.4) is 0 Å². The van der Waals surface area contributed by atoms with Gasteiger partial charge in [-0.3, -0.25) is 4.98 Å². The Balaban J connectivity index is 0.000000292. The van der Waals surface area contributed by atoms with Crippen LogP contribution in [-0.4, -0.2) is 19.7 Å². The molecule has 0 saturated heterocycles. The van der Waals surface area contributed by atoms with Crippen molar-refractivity contribution >= 4 is 13.9 Å². The van der Waals surface area contributed by atoms with Gasteiger partial charge in [0.15, 0.2) is 0 Å². The molecule has 78 valence electrons. The number of aromatic nitrogens is 1. The van der Waals surface area contributed by atoms with Crippen LogP contribution in [0.4, 0.5) is 0 Å². The predicted octanol–water partition coefficient (Wildman–Crippen LogP) is 1.19. The first kappa shape index (κ1) is 13.0. The van der Waals surface area contributed by atoms with Crippen molar-refractivity contribution in [2.45, 2.75) is 6.92 Å². The fraction of sp³-hybridized carbons (Fsp3) is 0.125. The molecular formula is C8H12NO4P. The zero-order chi connectivity index (χ0) is 11.0. The van der Waals surface area contributed by atoms with E-state index in [0.29, 0.717) is 0 Å². The van der Waals surface area contributed by atoms with Gasteiger partial charge in [0.05, 0.1) is 0 Å². The molecule has 6 heteroatoms. The lowest BCUT2D eigenvalue weighted by atomic mass is 10.3. The highest BCUT2D eigenvalue weighted by molar-refractivity contribution is 7.45. The van der Waals surface area contributed by atoms with Crippen molar-refractivity contribution in [2.24, 2.45) is 0 Å². The molecule has 0 unspecified atom stereocenters. The average molecular weight is 217 g/mol. The Morgan fingerprint density at radius 1 is 1.43 bits per heavy atom. The van der Waals surface area contributed by atoms with Crippen LogP contribution in [0.2, 0.25) is 0 Å². The maximum atomic E-state index is 8.88. The van der Waals surface area contributed by atoms with Gasteiger partial charge >= 0.3 is 7.82 Å². The molecule has 1 rings (SSSR count). The van der Waals surface area contributed by atoms with Gasteiger partial charge in [-0.05, 0) is 18.6 Å². The first-order chi connectivity index (χ1) is 6.43. The van der Waals surface area contributed by atoms with Crippen molar-refractivity contribution in [2.75, 3.05) is 0 Å². The average Bonchev–Trinajstić information content (AvgIpc) is 2.03. The molecule has 0 amide bonds. The molecule has 0 fully saturated rings. The second-order valence-electron chi connectivity index (χ2n) is 2.30. The normalized spacial score (nSPS) is 10.9. The van der Waals surface area contributed by atoms with Gasteiger partial charge in [-0.1, -0.05) is 18.2 Å². The van der Waals surface area contributed by atoms with Crippen molar-refractivity contribution in [1.29, 1.82) is 0 Å². The van der Waals surface area contributed by atoms with Gasteiger partial charge in [-0.2, -0.15) is 0 Å². The molecule has 0 aromatic carbocycles. The summed E-state index contributed by atoms with van der Waals surface area (Å²) >= 11 is 0. The van der Waals surface area contributed by atoms with E-state index in [9.17, 15) is 0 Å². The summed E-state index contributed by atoms with van der Waals surface area (Å²) in [6.45, 7) is 1.99. The maximum Gasteiger partial charge on any atom is 0.466 e. The lowest BCUT2D eigenvalue weighted by Gasteiger charge is -1.86. The minimum Gasteiger partial charge on any atom is -0.303 e. The lowest BCUT2D eigenvalue weighted by molar-refractivity contribution is 0.275. The fourth-order valence-electron chi connectivity index (χ4n) is 0.667. The zero-order valence-corrected chi connectivity index (χ0v) is 8.50. The molecule has 1 aromatic heterocycles. The summed E-state index contributed by atoms with van der Waals surface area (Å²) < 4.78 is 8.88. The molecule has 0 radical (unpaired) electrons. The largest absolute Gasteiger partial charge is 0.466 e. The Morgan fingerprint density at radius 3 is 2.36 bits per heavy atom. The Bertz CT molecular complexity index is 311. The highest BCUT2D eigenvalue weighted by Crippen LogP contribution is 2.25. The van der Waals surface area contributed by atoms with Crippen LogP contribution in [0, 0.1) is 0 Å². The van der Waals surface area contributed by atoms with Crippen LogP contribution >= 0.6 is 7.82 Å². The molecule has 0 aliphatic heterocycles. The van der Waals surface area contributed by atoms with E-state index in [1.165, 1.54) is 0 Å². The Labute approximate surface area is 82.0 Å². The maximum absolute atomic E-state index is 8.88. The summed E-state index contributed by atoms with van der Waals surface area (Å²) in [5.41, 5.74) is 1.15. The molecule has 0 atom stereocenters. The van der Waals surface area contributed by atoms with E-state index in [1.54, 1.807) is 6.20 Å². The van der Waals surface area contributed by atoms with E-state index in [1.807, 2.05) is 37.4 Å². The van der Waals surface area contributed by atoms with Gasteiger partial charge < -0.3 is 14.7 Å². The number of hydrogen-bond acceptors (Lipinski definition) is 2. The molecule has 1 aromatic rings. The van der Waals surface area contributed by atoms with E-state index in [0.717, 1.165) is 5.56 Å². The Kier molecular flexibility index (Phi) is 5.99. The Hall–Kier alpha value is -1.00. The number of rotatable bonds is 1. The van der Waals surface area contributed by atoms with E-state index >= 15 is 0 Å². The number of allylic oxidation sites excluding steroid dienone is 1. The Morgan fingerprint density at radius 2 is 2.00 bits per heavy atom. The van der Waals surface area contributed by atoms with Gasteiger partial charge in [0.25, 0.3) is 0 Å². The van der Waals surface area contributed by atoms with Crippen LogP contribution in [0.25, 0.3) is 6.08 Å². The van der Waals surface area contributed by atoms with Crippen molar-refractivity contribution in [3.63, 3.8) is 0 Å². The third kappa shape index (κ3) is 11.0. The molecule has 14 heavy (non-hydrogen) atoms. The van der Waals surface area contributed by atoms with Crippen LogP contribution < -0.4 is 0 Å². The minimum absolute atomic E-state index is 1.15. The summed E-state index contributed by atoms with van der Waals surface area (Å²) in [5, 5.41) is 0. The highest BCUT2D eigenvalue weighted by atomic mass is 31.2. The first-order valence-corrected chi connectivity index (χ1v) is 5.31. The zero-order valence-electron chi connectivity index (χ0n) is 7.61. The van der Waals surface area contributed by atoms with Crippen LogP contribution in [0.5, 0.6) is 0 Å². The number of hydrogen-bond donors (Lipinski definition) is 3. The molecule has 1 heterocycles. The van der Waals surface area contributed by atoms with E-state index in [2.05, 4.69) is 4.98 Å². The van der Waals surface area contributed by atoms with Crippen LogP contribution in [-0.2, 0) is 4.57 Å². The summed E-state index contributed by atoms with van der Waals surface area (Å²) in [6, 6.07) is 3.95. The highest BCUT2D eigenvalue weighted by Gasteiger charge is 2.00. The molecule has 5 nitrogen and oxygen atoms in total.